The number of nitrogens with zero attached hydrogens (tertiary/aromatic N) is 3. The van der Waals surface area contributed by atoms with Crippen LogP contribution in [-0.4, -0.2) is 37.4 Å². The molecule has 36 heavy (non-hydrogen) atoms. The maximum Gasteiger partial charge on any atom is 0.196 e. The van der Waals surface area contributed by atoms with Crippen LogP contribution in [-0.2, 0) is 6.42 Å². The number of aryl methyl sites for hydroxylation is 1. The smallest absolute Gasteiger partial charge is 0.196 e. The molecule has 7 heteroatoms. The highest BCUT2D eigenvalue weighted by Gasteiger charge is 2.24. The van der Waals surface area contributed by atoms with Gasteiger partial charge in [0.25, 0.3) is 0 Å². The Hall–Kier alpha value is -3.84. The first-order chi connectivity index (χ1) is 17.6. The molecule has 0 aliphatic heterocycles. The summed E-state index contributed by atoms with van der Waals surface area (Å²) < 4.78 is 7.65. The average molecular weight is 497 g/mol. The molecule has 1 N–H and O–H groups in total. The Balaban J connectivity index is 1.53. The average Bonchev–Trinajstić information content (AvgIpc) is 3.53. The van der Waals surface area contributed by atoms with Gasteiger partial charge in [0.1, 0.15) is 5.75 Å². The highest BCUT2D eigenvalue weighted by Crippen LogP contribution is 2.34. The van der Waals surface area contributed by atoms with E-state index in [0.29, 0.717) is 23.2 Å². The number of hydrogen-bond acceptors (Lipinski definition) is 5. The molecule has 0 aliphatic carbocycles. The summed E-state index contributed by atoms with van der Waals surface area (Å²) in [6, 6.07) is 23.8. The summed E-state index contributed by atoms with van der Waals surface area (Å²) >= 11 is 1.41. The van der Waals surface area contributed by atoms with Crippen molar-refractivity contribution in [2.45, 2.75) is 37.6 Å². The van der Waals surface area contributed by atoms with Crippen LogP contribution in [0.5, 0.6) is 5.75 Å². The van der Waals surface area contributed by atoms with Crippen molar-refractivity contribution in [3.05, 3.63) is 90.1 Å². The van der Waals surface area contributed by atoms with Gasteiger partial charge in [-0.2, -0.15) is 0 Å². The molecular weight excluding hydrogens is 468 g/mol. The summed E-state index contributed by atoms with van der Waals surface area (Å²) in [7, 11) is 0. The number of carbonyl (C=O) groups excluding carboxylic acids is 1. The van der Waals surface area contributed by atoms with Gasteiger partial charge >= 0.3 is 0 Å². The number of fused-ring (bicyclic) bond motifs is 1. The zero-order valence-electron chi connectivity index (χ0n) is 20.6. The number of rotatable bonds is 9. The highest BCUT2D eigenvalue weighted by molar-refractivity contribution is 8.00. The molecule has 2 aromatic heterocycles. The number of benzene rings is 3. The quantitative estimate of drug-likeness (QED) is 0.181. The van der Waals surface area contributed by atoms with Crippen molar-refractivity contribution in [3.63, 3.8) is 0 Å². The zero-order chi connectivity index (χ0) is 25.1. The van der Waals surface area contributed by atoms with E-state index < -0.39 is 0 Å². The van der Waals surface area contributed by atoms with Gasteiger partial charge in [-0.25, -0.2) is 0 Å². The second kappa shape index (κ2) is 10.4. The van der Waals surface area contributed by atoms with Crippen LogP contribution < -0.4 is 4.74 Å². The fraction of sp³-hybridized carbons (Fsp3) is 0.207. The van der Waals surface area contributed by atoms with Gasteiger partial charge in [-0.05, 0) is 56.2 Å². The Morgan fingerprint density at radius 3 is 2.47 bits per heavy atom. The number of ether oxygens (including phenoxy) is 1. The summed E-state index contributed by atoms with van der Waals surface area (Å²) in [5, 5.41) is 10.5. The molecule has 0 bridgehead atoms. The number of para-hydroxylation sites is 1. The summed E-state index contributed by atoms with van der Waals surface area (Å²) in [6.45, 7) is 6.59. The van der Waals surface area contributed by atoms with E-state index in [1.54, 1.807) is 0 Å². The number of thioether (sulfide) groups is 1. The lowest BCUT2D eigenvalue weighted by Crippen LogP contribution is -2.14. The maximum atomic E-state index is 13.2. The number of H-pyrrole nitrogens is 1. The second-order valence-corrected chi connectivity index (χ2v) is 9.80. The van der Waals surface area contributed by atoms with Gasteiger partial charge in [0, 0.05) is 33.9 Å². The molecule has 182 valence electrons. The van der Waals surface area contributed by atoms with Gasteiger partial charge in [0.05, 0.1) is 11.9 Å². The molecule has 0 saturated carbocycles. The van der Waals surface area contributed by atoms with Crippen molar-refractivity contribution in [2.24, 2.45) is 0 Å². The number of hydrogen-bond donors (Lipinski definition) is 1. The topological polar surface area (TPSA) is 72.8 Å². The first-order valence-corrected chi connectivity index (χ1v) is 13.0. The standard InChI is InChI=1S/C29H28N4O2S/c1-4-20-10-12-21(13-11-20)27(34)19(3)36-29-32-31-28(25-18-30-26-9-7-6-8-24(25)26)33(29)22-14-16-23(17-15-22)35-5-2/h6-19,30H,4-5H2,1-3H3/t19-/m1/s1. The van der Waals surface area contributed by atoms with E-state index in [9.17, 15) is 4.79 Å². The number of aromatic nitrogens is 4. The van der Waals surface area contributed by atoms with E-state index in [0.717, 1.165) is 34.3 Å². The fourth-order valence-corrected chi connectivity index (χ4v) is 5.16. The largest absolute Gasteiger partial charge is 0.494 e. The molecule has 0 radical (unpaired) electrons. The first-order valence-electron chi connectivity index (χ1n) is 12.1. The minimum Gasteiger partial charge on any atom is -0.494 e. The monoisotopic (exact) mass is 496 g/mol. The summed E-state index contributed by atoms with van der Waals surface area (Å²) in [4.78, 5) is 16.6. The molecule has 3 aromatic carbocycles. The SMILES string of the molecule is CCOc1ccc(-n2c(S[C@H](C)C(=O)c3ccc(CC)cc3)nnc2-c2c[nH]c3ccccc23)cc1. The number of Topliss-reactive ketones (excluding diaryl/α,β-unsaturated/α-hetero) is 1. The molecule has 0 saturated heterocycles. The number of carbonyl (C=O) groups is 1. The van der Waals surface area contributed by atoms with Gasteiger partial charge in [0.2, 0.25) is 0 Å². The molecule has 0 spiro atoms. The van der Waals surface area contributed by atoms with Crippen LogP contribution in [0.15, 0.2) is 84.1 Å². The number of ketones is 1. The first kappa shape index (κ1) is 23.9. The van der Waals surface area contributed by atoms with E-state index in [-0.39, 0.29) is 11.0 Å². The highest BCUT2D eigenvalue weighted by atomic mass is 32.2. The van der Waals surface area contributed by atoms with Gasteiger partial charge < -0.3 is 9.72 Å². The predicted octanol–water partition coefficient (Wildman–Crippen LogP) is 6.74. The molecule has 2 heterocycles. The maximum absolute atomic E-state index is 13.2. The van der Waals surface area contributed by atoms with Crippen molar-refractivity contribution in [1.82, 2.24) is 19.7 Å². The molecule has 0 amide bonds. The summed E-state index contributed by atoms with van der Waals surface area (Å²) in [6.07, 6.45) is 2.90. The van der Waals surface area contributed by atoms with Crippen molar-refractivity contribution in [2.75, 3.05) is 6.61 Å². The zero-order valence-corrected chi connectivity index (χ0v) is 21.4. The summed E-state index contributed by atoms with van der Waals surface area (Å²) in [5.41, 5.74) is 4.80. The Morgan fingerprint density at radius 1 is 1.00 bits per heavy atom. The lowest BCUT2D eigenvalue weighted by molar-refractivity contribution is 0.0994. The fourth-order valence-electron chi connectivity index (χ4n) is 4.22. The minimum atomic E-state index is -0.334. The van der Waals surface area contributed by atoms with E-state index in [4.69, 9.17) is 4.74 Å². The number of aromatic amines is 1. The van der Waals surface area contributed by atoms with Gasteiger partial charge in [0.15, 0.2) is 16.8 Å². The Bertz CT molecular complexity index is 1490. The van der Waals surface area contributed by atoms with Crippen LogP contribution in [0.3, 0.4) is 0 Å². The van der Waals surface area contributed by atoms with Crippen molar-refractivity contribution >= 4 is 28.4 Å². The van der Waals surface area contributed by atoms with Crippen LogP contribution in [0, 0.1) is 0 Å². The van der Waals surface area contributed by atoms with Crippen LogP contribution >= 0.6 is 11.8 Å². The molecule has 5 rings (SSSR count). The Labute approximate surface area is 214 Å². The van der Waals surface area contributed by atoms with Crippen molar-refractivity contribution in [1.29, 1.82) is 0 Å². The third kappa shape index (κ3) is 4.66. The lowest BCUT2D eigenvalue weighted by Gasteiger charge is -2.14. The second-order valence-electron chi connectivity index (χ2n) is 8.49. The normalized spacial score (nSPS) is 12.1. The molecular formula is C29H28N4O2S. The van der Waals surface area contributed by atoms with E-state index in [1.807, 2.05) is 91.3 Å². The molecule has 1 atom stereocenters. The van der Waals surface area contributed by atoms with E-state index >= 15 is 0 Å². The Morgan fingerprint density at radius 2 is 1.75 bits per heavy atom. The van der Waals surface area contributed by atoms with Crippen LogP contribution in [0.25, 0.3) is 28.0 Å². The van der Waals surface area contributed by atoms with E-state index in [1.165, 1.54) is 17.3 Å². The van der Waals surface area contributed by atoms with Crippen LogP contribution in [0.1, 0.15) is 36.7 Å². The molecule has 5 aromatic rings. The van der Waals surface area contributed by atoms with Crippen LogP contribution in [0.2, 0.25) is 0 Å². The van der Waals surface area contributed by atoms with Crippen molar-refractivity contribution in [3.8, 4) is 22.8 Å². The van der Waals surface area contributed by atoms with Gasteiger partial charge in [-0.3, -0.25) is 9.36 Å². The van der Waals surface area contributed by atoms with Gasteiger partial charge in [-0.15, -0.1) is 10.2 Å². The molecule has 6 nitrogen and oxygen atoms in total. The molecule has 0 aliphatic rings. The Kier molecular flexibility index (Phi) is 6.91. The van der Waals surface area contributed by atoms with Crippen LogP contribution in [0.4, 0.5) is 0 Å². The van der Waals surface area contributed by atoms with Crippen molar-refractivity contribution < 1.29 is 9.53 Å². The minimum absolute atomic E-state index is 0.0672. The third-order valence-corrected chi connectivity index (χ3v) is 7.21. The number of nitrogens with one attached hydrogen (secondary N) is 1. The predicted molar refractivity (Wildman–Crippen MR) is 145 cm³/mol. The lowest BCUT2D eigenvalue weighted by atomic mass is 10.1. The summed E-state index contributed by atoms with van der Waals surface area (Å²) in [5.74, 6) is 1.58. The van der Waals surface area contributed by atoms with Gasteiger partial charge in [-0.1, -0.05) is 61.2 Å². The third-order valence-electron chi connectivity index (χ3n) is 6.17. The molecule has 0 unspecified atom stereocenters. The molecule has 0 fully saturated rings. The van der Waals surface area contributed by atoms with E-state index in [2.05, 4.69) is 28.2 Å².